The van der Waals surface area contributed by atoms with E-state index in [9.17, 15) is 9.59 Å². The lowest BCUT2D eigenvalue weighted by Crippen LogP contribution is -2.31. The Bertz CT molecular complexity index is 1120. The van der Waals surface area contributed by atoms with Gasteiger partial charge >= 0.3 is 0 Å². The highest BCUT2D eigenvalue weighted by molar-refractivity contribution is 6.45. The fraction of sp³-hybridized carbons (Fsp3) is 0.167. The van der Waals surface area contributed by atoms with E-state index in [0.29, 0.717) is 11.3 Å². The van der Waals surface area contributed by atoms with E-state index in [1.54, 1.807) is 6.92 Å². The molecule has 146 valence electrons. The standard InChI is InChI=1S/C24H22N2O3/c1-3-10-18-11-4-7-14-21(18)29-16-9-8-15-25-24(28)23(27)22-17(2)26-20-13-6-5-12-19(20)22/h3-7,11-14,26H,1,10,15-16H2,2H3,(H,25,28). The van der Waals surface area contributed by atoms with Crippen molar-refractivity contribution in [2.75, 3.05) is 13.2 Å². The first kappa shape index (κ1) is 20.0. The van der Waals surface area contributed by atoms with Gasteiger partial charge in [0, 0.05) is 16.6 Å². The molecule has 0 saturated heterocycles. The third-order valence-electron chi connectivity index (χ3n) is 4.43. The molecule has 3 rings (SSSR count). The van der Waals surface area contributed by atoms with Crippen molar-refractivity contribution in [1.29, 1.82) is 0 Å². The maximum atomic E-state index is 12.5. The number of fused-ring (bicyclic) bond motifs is 1. The zero-order chi connectivity index (χ0) is 20.6. The average molecular weight is 386 g/mol. The van der Waals surface area contributed by atoms with E-state index in [1.165, 1.54) is 0 Å². The van der Waals surface area contributed by atoms with Crippen molar-refractivity contribution in [3.8, 4) is 17.6 Å². The summed E-state index contributed by atoms with van der Waals surface area (Å²) in [6.45, 7) is 5.78. The highest BCUT2D eigenvalue weighted by Crippen LogP contribution is 2.22. The van der Waals surface area contributed by atoms with Crippen LogP contribution in [0.2, 0.25) is 0 Å². The first-order chi connectivity index (χ1) is 14.1. The number of carbonyl (C=O) groups is 2. The summed E-state index contributed by atoms with van der Waals surface area (Å²) in [4.78, 5) is 27.9. The van der Waals surface area contributed by atoms with Gasteiger partial charge in [0.15, 0.2) is 0 Å². The molecule has 2 N–H and O–H groups in total. The van der Waals surface area contributed by atoms with Crippen LogP contribution in [0.15, 0.2) is 61.2 Å². The minimum Gasteiger partial charge on any atom is -0.481 e. The van der Waals surface area contributed by atoms with Gasteiger partial charge in [0.1, 0.15) is 12.4 Å². The monoisotopic (exact) mass is 386 g/mol. The molecule has 0 fully saturated rings. The lowest BCUT2D eigenvalue weighted by molar-refractivity contribution is -0.116. The molecule has 1 heterocycles. The Kier molecular flexibility index (Phi) is 6.49. The van der Waals surface area contributed by atoms with E-state index >= 15 is 0 Å². The van der Waals surface area contributed by atoms with Gasteiger partial charge in [0.2, 0.25) is 0 Å². The molecule has 5 heteroatoms. The first-order valence-electron chi connectivity index (χ1n) is 9.29. The second kappa shape index (κ2) is 9.43. The van der Waals surface area contributed by atoms with E-state index in [2.05, 4.69) is 28.7 Å². The molecule has 3 aromatic rings. The topological polar surface area (TPSA) is 71.2 Å². The van der Waals surface area contributed by atoms with Crippen LogP contribution >= 0.6 is 0 Å². The molecule has 0 aliphatic heterocycles. The third kappa shape index (κ3) is 4.74. The normalized spacial score (nSPS) is 10.1. The second-order valence-electron chi connectivity index (χ2n) is 6.43. The Labute approximate surface area is 169 Å². The van der Waals surface area contributed by atoms with E-state index < -0.39 is 11.7 Å². The number of aromatic nitrogens is 1. The number of H-pyrrole nitrogens is 1. The van der Waals surface area contributed by atoms with Crippen LogP contribution < -0.4 is 10.1 Å². The van der Waals surface area contributed by atoms with E-state index in [1.807, 2.05) is 54.6 Å². The number of aryl methyl sites for hydroxylation is 1. The molecule has 0 bridgehead atoms. The van der Waals surface area contributed by atoms with Gasteiger partial charge in [-0.05, 0) is 31.0 Å². The number of amides is 1. The number of ketones is 1. The van der Waals surface area contributed by atoms with Gasteiger partial charge in [-0.25, -0.2) is 0 Å². The molecule has 0 unspecified atom stereocenters. The summed E-state index contributed by atoms with van der Waals surface area (Å²) in [7, 11) is 0. The summed E-state index contributed by atoms with van der Waals surface area (Å²) in [5.41, 5.74) is 2.93. The fourth-order valence-electron chi connectivity index (χ4n) is 3.08. The van der Waals surface area contributed by atoms with Crippen LogP contribution in [0, 0.1) is 18.8 Å². The number of para-hydroxylation sites is 2. The third-order valence-corrected chi connectivity index (χ3v) is 4.43. The van der Waals surface area contributed by atoms with Gasteiger partial charge < -0.3 is 15.0 Å². The zero-order valence-corrected chi connectivity index (χ0v) is 16.2. The molecule has 0 radical (unpaired) electrons. The highest BCUT2D eigenvalue weighted by atomic mass is 16.5. The largest absolute Gasteiger partial charge is 0.481 e. The molecule has 0 atom stereocenters. The molecule has 1 amide bonds. The SMILES string of the molecule is C=CCc1ccccc1OCC#CCNC(=O)C(=O)c1c(C)[nH]c2ccccc12. The molecular formula is C24H22N2O3. The Morgan fingerprint density at radius 1 is 1.14 bits per heavy atom. The van der Waals surface area contributed by atoms with Crippen molar-refractivity contribution >= 4 is 22.6 Å². The minimum absolute atomic E-state index is 0.0731. The molecule has 0 spiro atoms. The Hall–Kier alpha value is -3.78. The molecule has 2 aromatic carbocycles. The number of hydrogen-bond acceptors (Lipinski definition) is 3. The average Bonchev–Trinajstić information content (AvgIpc) is 3.06. The van der Waals surface area contributed by atoms with Crippen molar-refractivity contribution in [3.05, 3.63) is 78.0 Å². The van der Waals surface area contributed by atoms with Gasteiger partial charge in [0.05, 0.1) is 12.1 Å². The number of nitrogens with one attached hydrogen (secondary N) is 2. The van der Waals surface area contributed by atoms with Gasteiger partial charge in [-0.15, -0.1) is 6.58 Å². The number of allylic oxidation sites excluding steroid dienone is 1. The Morgan fingerprint density at radius 2 is 1.90 bits per heavy atom. The Balaban J connectivity index is 1.54. The van der Waals surface area contributed by atoms with E-state index in [0.717, 1.165) is 28.6 Å². The van der Waals surface area contributed by atoms with Crippen LogP contribution in [0.1, 0.15) is 21.6 Å². The van der Waals surface area contributed by atoms with Crippen molar-refractivity contribution < 1.29 is 14.3 Å². The van der Waals surface area contributed by atoms with E-state index in [4.69, 9.17) is 4.74 Å². The molecule has 0 aliphatic rings. The molecule has 29 heavy (non-hydrogen) atoms. The van der Waals surface area contributed by atoms with Gasteiger partial charge in [-0.3, -0.25) is 9.59 Å². The van der Waals surface area contributed by atoms with Gasteiger partial charge in [0.25, 0.3) is 11.7 Å². The summed E-state index contributed by atoms with van der Waals surface area (Å²) < 4.78 is 5.66. The molecule has 1 aromatic heterocycles. The summed E-state index contributed by atoms with van der Waals surface area (Å²) in [6, 6.07) is 15.1. The number of rotatable bonds is 7. The number of carbonyl (C=O) groups excluding carboxylic acids is 2. The van der Waals surface area contributed by atoms with Crippen LogP contribution in [0.25, 0.3) is 10.9 Å². The molecule has 5 nitrogen and oxygen atoms in total. The van der Waals surface area contributed by atoms with Crippen LogP contribution in [0.5, 0.6) is 5.75 Å². The van der Waals surface area contributed by atoms with Gasteiger partial charge in [-0.1, -0.05) is 54.3 Å². The summed E-state index contributed by atoms with van der Waals surface area (Å²) in [5, 5.41) is 3.29. The number of ether oxygens (including phenoxy) is 1. The predicted molar refractivity (Wildman–Crippen MR) is 114 cm³/mol. The smallest absolute Gasteiger partial charge is 0.293 e. The number of aromatic amines is 1. The maximum absolute atomic E-state index is 12.5. The Morgan fingerprint density at radius 3 is 2.72 bits per heavy atom. The van der Waals surface area contributed by atoms with Crippen molar-refractivity contribution in [2.45, 2.75) is 13.3 Å². The number of Topliss-reactive ketones (excluding diaryl/α,β-unsaturated/α-hetero) is 1. The zero-order valence-electron chi connectivity index (χ0n) is 16.2. The molecule has 0 saturated carbocycles. The summed E-state index contributed by atoms with van der Waals surface area (Å²) >= 11 is 0. The maximum Gasteiger partial charge on any atom is 0.293 e. The lowest BCUT2D eigenvalue weighted by Gasteiger charge is -2.07. The van der Waals surface area contributed by atoms with Gasteiger partial charge in [-0.2, -0.15) is 0 Å². The highest BCUT2D eigenvalue weighted by Gasteiger charge is 2.21. The van der Waals surface area contributed by atoms with Crippen LogP contribution in [-0.2, 0) is 11.2 Å². The van der Waals surface area contributed by atoms with Crippen molar-refractivity contribution in [3.63, 3.8) is 0 Å². The fourth-order valence-corrected chi connectivity index (χ4v) is 3.08. The second-order valence-corrected chi connectivity index (χ2v) is 6.43. The summed E-state index contributed by atoms with van der Waals surface area (Å²) in [6.07, 6.45) is 2.53. The molecular weight excluding hydrogens is 364 g/mol. The summed E-state index contributed by atoms with van der Waals surface area (Å²) in [5.74, 6) is 5.16. The predicted octanol–water partition coefficient (Wildman–Crippen LogP) is 3.59. The molecule has 0 aliphatic carbocycles. The van der Waals surface area contributed by atoms with Crippen LogP contribution in [0.3, 0.4) is 0 Å². The van der Waals surface area contributed by atoms with E-state index in [-0.39, 0.29) is 13.2 Å². The number of benzene rings is 2. The minimum atomic E-state index is -0.676. The lowest BCUT2D eigenvalue weighted by atomic mass is 10.1. The van der Waals surface area contributed by atoms with Crippen LogP contribution in [-0.4, -0.2) is 29.8 Å². The first-order valence-corrected chi connectivity index (χ1v) is 9.29. The van der Waals surface area contributed by atoms with Crippen molar-refractivity contribution in [2.24, 2.45) is 0 Å². The van der Waals surface area contributed by atoms with Crippen LogP contribution in [0.4, 0.5) is 0 Å². The van der Waals surface area contributed by atoms with Crippen molar-refractivity contribution in [1.82, 2.24) is 10.3 Å². The quantitative estimate of drug-likeness (QED) is 0.282. The number of hydrogen-bond donors (Lipinski definition) is 2.